The number of hydrogen-bond donors (Lipinski definition) is 0. The molecule has 1 aliphatic rings. The van der Waals surface area contributed by atoms with Gasteiger partial charge in [0.05, 0.1) is 6.61 Å². The second kappa shape index (κ2) is 13.5. The summed E-state index contributed by atoms with van der Waals surface area (Å²) < 4.78 is 6.27. The fourth-order valence-corrected chi connectivity index (χ4v) is 4.56. The van der Waals surface area contributed by atoms with Crippen LogP contribution in [-0.4, -0.2) is 48.5 Å². The Hall–Kier alpha value is -2.04. The molecule has 1 fully saturated rings. The van der Waals surface area contributed by atoms with Gasteiger partial charge in [0.1, 0.15) is 5.75 Å². The van der Waals surface area contributed by atoms with Gasteiger partial charge in [0.25, 0.3) is 0 Å². The summed E-state index contributed by atoms with van der Waals surface area (Å²) in [5.74, 6) is 1.22. The number of halogens is 1. The van der Waals surface area contributed by atoms with E-state index in [1.807, 2.05) is 4.90 Å². The topological polar surface area (TPSA) is 32.8 Å². The second-order valence-corrected chi connectivity index (χ2v) is 11.3. The Kier molecular flexibility index (Phi) is 11.3. The molecule has 3 rings (SSSR count). The number of nitrogens with zero attached hydrogens (tertiary/aromatic N) is 2. The van der Waals surface area contributed by atoms with Gasteiger partial charge in [0.2, 0.25) is 5.91 Å². The lowest BCUT2D eigenvalue weighted by atomic mass is 9.76. The van der Waals surface area contributed by atoms with Crippen LogP contribution in [0, 0.1) is 0 Å². The molecule has 1 amide bonds. The number of piperazine rings is 1. The van der Waals surface area contributed by atoms with E-state index in [9.17, 15) is 4.79 Å². The molecule has 0 aliphatic carbocycles. The van der Waals surface area contributed by atoms with E-state index in [4.69, 9.17) is 4.74 Å². The molecule has 0 unspecified atom stereocenters. The molecule has 0 radical (unpaired) electrons. The van der Waals surface area contributed by atoms with Crippen LogP contribution in [0.2, 0.25) is 0 Å². The average Bonchev–Trinajstić information content (AvgIpc) is 2.87. The molecule has 4 nitrogen and oxygen atoms in total. The van der Waals surface area contributed by atoms with Crippen LogP contribution in [0.15, 0.2) is 48.5 Å². The molecule has 5 heteroatoms. The van der Waals surface area contributed by atoms with E-state index in [1.54, 1.807) is 0 Å². The summed E-state index contributed by atoms with van der Waals surface area (Å²) in [5.41, 5.74) is 4.17. The molecule has 0 atom stereocenters. The van der Waals surface area contributed by atoms with Gasteiger partial charge in [-0.25, -0.2) is 0 Å². The number of hydrogen-bond acceptors (Lipinski definition) is 3. The first-order valence-electron chi connectivity index (χ1n) is 13.5. The molecule has 0 aromatic heterocycles. The highest BCUT2D eigenvalue weighted by Gasteiger charge is 2.27. The highest BCUT2D eigenvalue weighted by molar-refractivity contribution is 5.85. The highest BCUT2D eigenvalue weighted by Crippen LogP contribution is 2.38. The molecular weight excluding hydrogens is 468 g/mol. The highest BCUT2D eigenvalue weighted by atomic mass is 35.5. The molecule has 0 spiro atoms. The Morgan fingerprint density at radius 2 is 1.53 bits per heavy atom. The zero-order chi connectivity index (χ0) is 25.5. The monoisotopic (exact) mass is 514 g/mol. The Morgan fingerprint density at radius 1 is 0.889 bits per heavy atom. The third-order valence-corrected chi connectivity index (χ3v) is 8.02. The number of ether oxygens (including phenoxy) is 1. The molecule has 200 valence electrons. The van der Waals surface area contributed by atoms with Crippen molar-refractivity contribution in [2.45, 2.75) is 84.6 Å². The van der Waals surface area contributed by atoms with Gasteiger partial charge in [-0.15, -0.1) is 12.4 Å². The van der Waals surface area contributed by atoms with Crippen molar-refractivity contribution in [3.05, 3.63) is 65.2 Å². The number of rotatable bonds is 11. The fraction of sp³-hybridized carbons (Fsp3) is 0.581. The maximum absolute atomic E-state index is 12.8. The average molecular weight is 515 g/mol. The maximum atomic E-state index is 12.8. The van der Waals surface area contributed by atoms with E-state index in [-0.39, 0.29) is 29.1 Å². The van der Waals surface area contributed by atoms with Gasteiger partial charge in [-0.3, -0.25) is 9.69 Å². The summed E-state index contributed by atoms with van der Waals surface area (Å²) in [4.78, 5) is 17.2. The van der Waals surface area contributed by atoms with E-state index >= 15 is 0 Å². The first-order chi connectivity index (χ1) is 16.7. The van der Waals surface area contributed by atoms with Crippen molar-refractivity contribution in [3.8, 4) is 5.75 Å². The summed E-state index contributed by atoms with van der Waals surface area (Å²) in [7, 11) is 0. The van der Waals surface area contributed by atoms with E-state index < -0.39 is 0 Å². The quantitative estimate of drug-likeness (QED) is 0.303. The largest absolute Gasteiger partial charge is 0.493 e. The maximum Gasteiger partial charge on any atom is 0.222 e. The van der Waals surface area contributed by atoms with Crippen molar-refractivity contribution in [1.82, 2.24) is 9.80 Å². The number of carbonyl (C=O) groups excluding carboxylic acids is 1. The molecule has 1 aliphatic heterocycles. The van der Waals surface area contributed by atoms with Crippen LogP contribution >= 0.6 is 12.4 Å². The van der Waals surface area contributed by atoms with Gasteiger partial charge in [-0.05, 0) is 47.3 Å². The van der Waals surface area contributed by atoms with Gasteiger partial charge >= 0.3 is 0 Å². The molecule has 0 saturated carbocycles. The minimum atomic E-state index is 0. The summed E-state index contributed by atoms with van der Waals surface area (Å²) in [6.45, 7) is 18.7. The second-order valence-electron chi connectivity index (χ2n) is 11.3. The summed E-state index contributed by atoms with van der Waals surface area (Å²) >= 11 is 0. The van der Waals surface area contributed by atoms with Crippen LogP contribution < -0.4 is 4.74 Å². The minimum Gasteiger partial charge on any atom is -0.493 e. The third-order valence-electron chi connectivity index (χ3n) is 8.02. The lowest BCUT2D eigenvalue weighted by Gasteiger charge is -2.35. The zero-order valence-corrected chi connectivity index (χ0v) is 24.1. The van der Waals surface area contributed by atoms with Gasteiger partial charge in [-0.2, -0.15) is 0 Å². The van der Waals surface area contributed by atoms with Crippen LogP contribution in [0.25, 0.3) is 0 Å². The van der Waals surface area contributed by atoms with Crippen molar-refractivity contribution >= 4 is 18.3 Å². The van der Waals surface area contributed by atoms with Gasteiger partial charge in [-0.1, -0.05) is 84.0 Å². The van der Waals surface area contributed by atoms with Crippen molar-refractivity contribution < 1.29 is 9.53 Å². The first-order valence-corrected chi connectivity index (χ1v) is 13.5. The normalized spacial score (nSPS) is 14.9. The van der Waals surface area contributed by atoms with Gasteiger partial charge < -0.3 is 9.64 Å². The molecule has 36 heavy (non-hydrogen) atoms. The Labute approximate surface area is 225 Å². The van der Waals surface area contributed by atoms with Crippen LogP contribution in [0.5, 0.6) is 5.75 Å². The van der Waals surface area contributed by atoms with Crippen molar-refractivity contribution in [2.24, 2.45) is 0 Å². The van der Waals surface area contributed by atoms with Crippen LogP contribution in [0.4, 0.5) is 0 Å². The smallest absolute Gasteiger partial charge is 0.222 e. The Bertz CT molecular complexity index is 950. The minimum absolute atomic E-state index is 0. The standard InChI is InChI=1S/C31H46N2O2.ClH/c1-7-30(3,4)26-16-17-28(27(23-26)31(5,6)8-2)35-22-12-15-29(34)33-20-18-32(19-21-33)24-25-13-10-9-11-14-25;/h9-11,13-14,16-17,23H,7-8,12,15,18-22,24H2,1-6H3;1H. The molecule has 2 aromatic carbocycles. The predicted molar refractivity (Wildman–Crippen MR) is 153 cm³/mol. The summed E-state index contributed by atoms with van der Waals surface area (Å²) in [5, 5.41) is 0. The molecule has 0 N–H and O–H groups in total. The lowest BCUT2D eigenvalue weighted by Crippen LogP contribution is -2.48. The Morgan fingerprint density at radius 3 is 2.14 bits per heavy atom. The molecular formula is C31H47ClN2O2. The van der Waals surface area contributed by atoms with Gasteiger partial charge in [0.15, 0.2) is 0 Å². The van der Waals surface area contributed by atoms with E-state index in [0.29, 0.717) is 13.0 Å². The number of amides is 1. The number of benzene rings is 2. The molecule has 2 aromatic rings. The van der Waals surface area contributed by atoms with Gasteiger partial charge in [0, 0.05) is 44.7 Å². The third kappa shape index (κ3) is 7.98. The molecule has 1 heterocycles. The summed E-state index contributed by atoms with van der Waals surface area (Å²) in [6, 6.07) is 17.3. The summed E-state index contributed by atoms with van der Waals surface area (Å²) in [6.07, 6.45) is 3.44. The number of carbonyl (C=O) groups is 1. The van der Waals surface area contributed by atoms with E-state index in [2.05, 4.69) is 95.0 Å². The molecule has 0 bridgehead atoms. The lowest BCUT2D eigenvalue weighted by molar-refractivity contribution is -0.133. The first kappa shape index (κ1) is 30.2. The van der Waals surface area contributed by atoms with Crippen molar-refractivity contribution in [1.29, 1.82) is 0 Å². The van der Waals surface area contributed by atoms with E-state index in [1.165, 1.54) is 16.7 Å². The van der Waals surface area contributed by atoms with Crippen LogP contribution in [-0.2, 0) is 22.2 Å². The predicted octanol–water partition coefficient (Wildman–Crippen LogP) is 6.99. The molecule has 1 saturated heterocycles. The zero-order valence-electron chi connectivity index (χ0n) is 23.3. The van der Waals surface area contributed by atoms with E-state index in [0.717, 1.165) is 57.7 Å². The van der Waals surface area contributed by atoms with Crippen LogP contribution in [0.1, 0.15) is 83.9 Å². The van der Waals surface area contributed by atoms with Crippen LogP contribution in [0.3, 0.4) is 0 Å². The SMILES string of the molecule is CCC(C)(C)c1ccc(OCCCC(=O)N2CCN(Cc3ccccc3)CC2)c(C(C)(C)CC)c1.Cl. The van der Waals surface area contributed by atoms with Crippen molar-refractivity contribution in [2.75, 3.05) is 32.8 Å². The fourth-order valence-electron chi connectivity index (χ4n) is 4.56. The Balaban J connectivity index is 0.00000456. The van der Waals surface area contributed by atoms with Crippen molar-refractivity contribution in [3.63, 3.8) is 0 Å².